The van der Waals surface area contributed by atoms with Gasteiger partial charge in [-0.1, -0.05) is 125 Å². The van der Waals surface area contributed by atoms with E-state index in [-0.39, 0.29) is 24.6 Å². The van der Waals surface area contributed by atoms with Crippen LogP contribution in [0.15, 0.2) is 0 Å². The molecular weight excluding hydrogens is 1060 g/mol. The third kappa shape index (κ3) is 27.3. The van der Waals surface area contributed by atoms with Crippen molar-refractivity contribution in [2.24, 2.45) is 58.2 Å². The number of methoxy groups -OCH3 is 1. The van der Waals surface area contributed by atoms with Gasteiger partial charge in [0.25, 0.3) is 5.92 Å². The summed E-state index contributed by atoms with van der Waals surface area (Å²) in [4.78, 5) is 27.8. The minimum absolute atomic E-state index is 0.0170. The van der Waals surface area contributed by atoms with Crippen LogP contribution < -0.4 is 5.32 Å². The van der Waals surface area contributed by atoms with Crippen LogP contribution in [-0.2, 0) is 9.47 Å². The molecule has 7 fully saturated rings. The highest BCUT2D eigenvalue weighted by atomic mass is 19.3. The van der Waals surface area contributed by atoms with E-state index in [0.717, 1.165) is 107 Å². The van der Waals surface area contributed by atoms with Crippen LogP contribution in [0.25, 0.3) is 0 Å². The third-order valence-electron chi connectivity index (χ3n) is 23.3. The van der Waals surface area contributed by atoms with Crippen molar-refractivity contribution in [2.45, 2.75) is 272 Å². The molecule has 0 spiro atoms. The number of rotatable bonds is 14. The number of alkyl halides is 2. The second-order valence-electron chi connectivity index (χ2n) is 33.2. The Kier molecular flexibility index (Phi) is 34.8. The molecule has 0 unspecified atom stereocenters. The largest absolute Gasteiger partial charge is 0.453 e. The summed E-state index contributed by atoms with van der Waals surface area (Å²) in [6.07, 6.45) is 7.62. The number of carbonyl (C=O) groups is 1. The first kappa shape index (κ1) is 81.8. The monoisotopic (exact) mass is 1210 g/mol. The number of halogens is 2. The van der Waals surface area contributed by atoms with Gasteiger partial charge in [0.15, 0.2) is 0 Å². The molecule has 0 aromatic carbocycles. The van der Waals surface area contributed by atoms with Crippen LogP contribution in [0, 0.1) is 58.2 Å². The van der Waals surface area contributed by atoms with Gasteiger partial charge in [-0.3, -0.25) is 29.4 Å². The van der Waals surface area contributed by atoms with E-state index in [9.17, 15) is 13.6 Å². The number of likely N-dealkylation sites (tertiary alicyclic amines) is 5. The highest BCUT2D eigenvalue weighted by Gasteiger charge is 2.45. The summed E-state index contributed by atoms with van der Waals surface area (Å²) >= 11 is 0. The van der Waals surface area contributed by atoms with E-state index < -0.39 is 5.92 Å². The van der Waals surface area contributed by atoms with Gasteiger partial charge >= 0.3 is 6.09 Å². The van der Waals surface area contributed by atoms with Gasteiger partial charge in [-0.15, -0.1) is 0 Å². The number of nitrogens with zero attached hydrogens (tertiary/aromatic N) is 7. The summed E-state index contributed by atoms with van der Waals surface area (Å²) in [5.74, 6) is 3.20. The average Bonchev–Trinajstić information content (AvgIpc) is 4.34. The van der Waals surface area contributed by atoms with Crippen LogP contribution in [-0.4, -0.2) is 206 Å². The molecule has 11 nitrogen and oxygen atoms in total. The normalized spacial score (nSPS) is 21.9. The highest BCUT2D eigenvalue weighted by Crippen LogP contribution is 2.38. The molecule has 0 bridgehead atoms. The van der Waals surface area contributed by atoms with Crippen LogP contribution in [0.3, 0.4) is 0 Å². The molecule has 7 heterocycles. The lowest BCUT2D eigenvalue weighted by Gasteiger charge is -2.47. The van der Waals surface area contributed by atoms with E-state index in [2.05, 4.69) is 215 Å². The topological polar surface area (TPSA) is 70.2 Å². The molecule has 7 saturated heterocycles. The molecule has 1 amide bonds. The van der Waals surface area contributed by atoms with Crippen molar-refractivity contribution in [3.05, 3.63) is 0 Å². The van der Waals surface area contributed by atoms with Crippen molar-refractivity contribution in [3.8, 4) is 0 Å². The second-order valence-corrected chi connectivity index (χ2v) is 33.2. The van der Waals surface area contributed by atoms with E-state index in [1.54, 1.807) is 4.90 Å². The molecule has 85 heavy (non-hydrogen) atoms. The molecule has 13 heteroatoms. The van der Waals surface area contributed by atoms with Crippen molar-refractivity contribution in [1.29, 1.82) is 0 Å². The molecule has 0 aliphatic carbocycles. The molecule has 0 radical (unpaired) electrons. The Balaban J connectivity index is 0.000000497. The number of hydrogen-bond acceptors (Lipinski definition) is 10. The first-order valence-electron chi connectivity index (χ1n) is 34.8. The van der Waals surface area contributed by atoms with Crippen LogP contribution in [0.5, 0.6) is 0 Å². The molecule has 7 rings (SSSR count). The quantitative estimate of drug-likeness (QED) is 0.182. The number of morpholine rings is 1. The second kappa shape index (κ2) is 36.2. The Morgan fingerprint density at radius 1 is 0.494 bits per heavy atom. The zero-order chi connectivity index (χ0) is 65.7. The van der Waals surface area contributed by atoms with Crippen LogP contribution >= 0.6 is 0 Å². The van der Waals surface area contributed by atoms with E-state index >= 15 is 0 Å². The molecule has 7 aliphatic heterocycles. The summed E-state index contributed by atoms with van der Waals surface area (Å²) in [5.41, 5.74) is 2.42. The maximum absolute atomic E-state index is 12.9. The summed E-state index contributed by atoms with van der Waals surface area (Å²) in [6.45, 7) is 84.1. The standard InChI is InChI=1S/C12H25N.C11H23NO.C10H19F2N.C10H22N2.C10H19NO2.C10H21N.C9H19N/c1-10(2)12(5,6)13-8-7-11(3,4)9-13;1-10(2)11(3,4)9-12-5-7-13-8-6-12;1-8(2)9(3,4)13-6-5-10(11,12)7-13;1-9(2)10(3,4)12-7-5-11-6-8-12;1-8(2)9-4-6-11(7-5-9)10(12)13-3;1-9(2)10(3,4)11-7-5-6-8-11;1-8(2)9(3,4)10-6-5-7-10/h10H,7-9H2,1-6H3;10H,5-9H2,1-4H3;8H,5-7H2,1-4H3;9,11H,5-8H2,1-4H3;8-9H,4-7H2,1-3H3;9H,5-8H2,1-4H3;8H,5-7H2,1-4H3. The predicted molar refractivity (Wildman–Crippen MR) is 365 cm³/mol. The Hall–Kier alpha value is -1.19. The van der Waals surface area contributed by atoms with Gasteiger partial charge < -0.3 is 19.7 Å². The van der Waals surface area contributed by atoms with Gasteiger partial charge in [0.2, 0.25) is 0 Å². The molecule has 7 aliphatic rings. The zero-order valence-corrected chi connectivity index (χ0v) is 62.1. The fourth-order valence-corrected chi connectivity index (χ4v) is 11.5. The van der Waals surface area contributed by atoms with Crippen LogP contribution in [0.4, 0.5) is 13.6 Å². The number of nitrogens with one attached hydrogen (secondary N) is 1. The predicted octanol–water partition coefficient (Wildman–Crippen LogP) is 16.0. The number of piperidine rings is 1. The van der Waals surface area contributed by atoms with Gasteiger partial charge in [0, 0.05) is 106 Å². The van der Waals surface area contributed by atoms with Crippen molar-refractivity contribution in [1.82, 2.24) is 39.6 Å². The van der Waals surface area contributed by atoms with Gasteiger partial charge in [0.1, 0.15) is 0 Å². The first-order chi connectivity index (χ1) is 38.8. The van der Waals surface area contributed by atoms with Gasteiger partial charge in [-0.2, -0.15) is 0 Å². The average molecular weight is 1210 g/mol. The van der Waals surface area contributed by atoms with Crippen molar-refractivity contribution < 1.29 is 23.0 Å². The lowest BCUT2D eigenvalue weighted by atomic mass is 9.80. The van der Waals surface area contributed by atoms with Crippen LogP contribution in [0.1, 0.15) is 239 Å². The smallest absolute Gasteiger partial charge is 0.409 e. The number of piperazine rings is 1. The number of amides is 1. The summed E-state index contributed by atoms with van der Waals surface area (Å²) < 4.78 is 35.9. The van der Waals surface area contributed by atoms with E-state index in [1.165, 1.54) is 91.7 Å². The van der Waals surface area contributed by atoms with E-state index in [0.29, 0.717) is 45.4 Å². The fraction of sp³-hybridized carbons (Fsp3) is 0.986. The van der Waals surface area contributed by atoms with E-state index in [1.807, 2.05) is 18.7 Å². The molecule has 0 saturated carbocycles. The van der Waals surface area contributed by atoms with E-state index in [4.69, 9.17) is 4.74 Å². The lowest BCUT2D eigenvalue weighted by molar-refractivity contribution is -0.00685. The van der Waals surface area contributed by atoms with Crippen molar-refractivity contribution in [2.75, 3.05) is 132 Å². The Morgan fingerprint density at radius 3 is 1.16 bits per heavy atom. The summed E-state index contributed by atoms with van der Waals surface area (Å²) in [7, 11) is 1.44. The minimum atomic E-state index is -2.47. The van der Waals surface area contributed by atoms with Crippen molar-refractivity contribution in [3.63, 3.8) is 0 Å². The molecule has 0 aromatic heterocycles. The van der Waals surface area contributed by atoms with Gasteiger partial charge in [0.05, 0.1) is 26.9 Å². The molecule has 0 atom stereocenters. The Labute approximate surface area is 528 Å². The number of carbonyl (C=O) groups excluding carboxylic acids is 1. The maximum atomic E-state index is 12.9. The van der Waals surface area contributed by atoms with Crippen LogP contribution in [0.2, 0.25) is 0 Å². The first-order valence-corrected chi connectivity index (χ1v) is 34.8. The number of ether oxygens (including phenoxy) is 2. The maximum Gasteiger partial charge on any atom is 0.409 e. The van der Waals surface area contributed by atoms with Gasteiger partial charge in [-0.05, 0) is 199 Å². The molecule has 508 valence electrons. The molecular formula is C72H148F2N8O3. The highest BCUT2D eigenvalue weighted by molar-refractivity contribution is 5.67. The summed E-state index contributed by atoms with van der Waals surface area (Å²) in [6, 6.07) is 0. The Bertz CT molecular complexity index is 1740. The fourth-order valence-electron chi connectivity index (χ4n) is 11.5. The lowest BCUT2D eigenvalue weighted by Crippen LogP contribution is -2.55. The number of hydrogen-bond donors (Lipinski definition) is 1. The summed E-state index contributed by atoms with van der Waals surface area (Å²) in [5, 5.41) is 3.38. The zero-order valence-electron chi connectivity index (χ0n) is 62.1. The molecule has 0 aromatic rings. The molecule has 1 N–H and O–H groups in total. The minimum Gasteiger partial charge on any atom is -0.453 e. The SMILES string of the molecule is CC(C)C(C)(C)CN1CCOCC1.CC(C)C(C)(C)N1CCC(C)(C)C1.CC(C)C(C)(C)N1CCC(F)(F)C1.CC(C)C(C)(C)N1CCC1.CC(C)C(C)(C)N1CCCC1.CC(C)C(C)(C)N1CCNCC1.COC(=O)N1CCC(C(C)C)CC1. The van der Waals surface area contributed by atoms with Gasteiger partial charge in [-0.25, -0.2) is 13.6 Å². The third-order valence-corrected chi connectivity index (χ3v) is 23.3. The van der Waals surface area contributed by atoms with Crippen molar-refractivity contribution >= 4 is 6.09 Å². The Morgan fingerprint density at radius 2 is 0.859 bits per heavy atom.